The maximum atomic E-state index is 12.7. The molecule has 0 amide bonds. The fraction of sp³-hybridized carbons (Fsp3) is 0.455. The molecule has 0 spiro atoms. The summed E-state index contributed by atoms with van der Waals surface area (Å²) in [7, 11) is 0. The van der Waals surface area contributed by atoms with Gasteiger partial charge < -0.3 is 10.5 Å². The number of alkyl halides is 3. The highest BCUT2D eigenvalue weighted by Crippen LogP contribution is 2.19. The van der Waals surface area contributed by atoms with Crippen LogP contribution in [0, 0.1) is 0 Å². The van der Waals surface area contributed by atoms with Crippen LogP contribution in [-0.2, 0) is 4.74 Å². The van der Waals surface area contributed by atoms with E-state index >= 15 is 0 Å². The van der Waals surface area contributed by atoms with Crippen molar-refractivity contribution in [3.05, 3.63) is 35.8 Å². The minimum atomic E-state index is -3.53. The standard InChI is InChI=1S/C11H16F3NO/c1-3-5-9(15)6-10(16-4-2)7-11(13,14)8-12/h3,5-7H,4,8,15H2,1-2H3/b5-3-,9-6+,10-7-. The second-order valence-electron chi connectivity index (χ2n) is 3.02. The molecule has 0 heterocycles. The van der Waals surface area contributed by atoms with Crippen molar-refractivity contribution < 1.29 is 17.9 Å². The smallest absolute Gasteiger partial charge is 0.298 e. The van der Waals surface area contributed by atoms with Crippen molar-refractivity contribution in [3.8, 4) is 0 Å². The van der Waals surface area contributed by atoms with E-state index in [0.717, 1.165) is 0 Å². The first-order valence-electron chi connectivity index (χ1n) is 4.84. The Hall–Kier alpha value is -1.39. The van der Waals surface area contributed by atoms with Gasteiger partial charge in [0.1, 0.15) is 5.76 Å². The molecule has 0 aliphatic carbocycles. The molecular formula is C11H16F3NO. The van der Waals surface area contributed by atoms with Gasteiger partial charge in [0.15, 0.2) is 6.67 Å². The highest BCUT2D eigenvalue weighted by Gasteiger charge is 2.26. The van der Waals surface area contributed by atoms with Crippen LogP contribution in [-0.4, -0.2) is 19.2 Å². The molecule has 0 aliphatic heterocycles. The molecule has 0 fully saturated rings. The van der Waals surface area contributed by atoms with Gasteiger partial charge in [-0.1, -0.05) is 6.08 Å². The molecular weight excluding hydrogens is 219 g/mol. The predicted octanol–water partition coefficient (Wildman–Crippen LogP) is 2.93. The van der Waals surface area contributed by atoms with Crippen LogP contribution in [0.25, 0.3) is 0 Å². The lowest BCUT2D eigenvalue weighted by Gasteiger charge is -2.10. The van der Waals surface area contributed by atoms with Crippen LogP contribution in [0.15, 0.2) is 35.8 Å². The molecule has 5 heteroatoms. The van der Waals surface area contributed by atoms with Crippen LogP contribution in [0.4, 0.5) is 13.2 Å². The van der Waals surface area contributed by atoms with Crippen molar-refractivity contribution >= 4 is 0 Å². The number of allylic oxidation sites excluding steroid dienone is 4. The van der Waals surface area contributed by atoms with Crippen LogP contribution < -0.4 is 5.73 Å². The van der Waals surface area contributed by atoms with Gasteiger partial charge in [-0.25, -0.2) is 4.39 Å². The molecule has 0 radical (unpaired) electrons. The van der Waals surface area contributed by atoms with E-state index in [9.17, 15) is 13.2 Å². The highest BCUT2D eigenvalue weighted by molar-refractivity contribution is 5.25. The van der Waals surface area contributed by atoms with Crippen LogP contribution >= 0.6 is 0 Å². The van der Waals surface area contributed by atoms with Crippen molar-refractivity contribution in [2.45, 2.75) is 19.8 Å². The second-order valence-corrected chi connectivity index (χ2v) is 3.02. The molecule has 0 unspecified atom stereocenters. The predicted molar refractivity (Wildman–Crippen MR) is 57.7 cm³/mol. The summed E-state index contributed by atoms with van der Waals surface area (Å²) in [4.78, 5) is 0. The number of halogens is 3. The lowest BCUT2D eigenvalue weighted by Crippen LogP contribution is -2.16. The first kappa shape index (κ1) is 14.6. The van der Waals surface area contributed by atoms with Crippen LogP contribution in [0.5, 0.6) is 0 Å². The van der Waals surface area contributed by atoms with Gasteiger partial charge in [0.05, 0.1) is 6.61 Å². The van der Waals surface area contributed by atoms with E-state index in [2.05, 4.69) is 0 Å². The van der Waals surface area contributed by atoms with E-state index < -0.39 is 12.6 Å². The minimum absolute atomic E-state index is 0.138. The van der Waals surface area contributed by atoms with Gasteiger partial charge in [0.2, 0.25) is 0 Å². The summed E-state index contributed by atoms with van der Waals surface area (Å²) < 4.78 is 42.3. The van der Waals surface area contributed by atoms with Crippen molar-refractivity contribution in [1.29, 1.82) is 0 Å². The Morgan fingerprint density at radius 1 is 1.44 bits per heavy atom. The Morgan fingerprint density at radius 3 is 2.50 bits per heavy atom. The molecule has 0 aromatic heterocycles. The Bertz CT molecular complexity index is 296. The first-order chi connectivity index (χ1) is 7.45. The Kier molecular flexibility index (Phi) is 6.37. The van der Waals surface area contributed by atoms with E-state index in [4.69, 9.17) is 10.5 Å². The van der Waals surface area contributed by atoms with Crippen molar-refractivity contribution in [3.63, 3.8) is 0 Å². The zero-order valence-corrected chi connectivity index (χ0v) is 9.34. The fourth-order valence-corrected chi connectivity index (χ4v) is 0.943. The molecule has 0 rings (SSSR count). The monoisotopic (exact) mass is 235 g/mol. The normalized spacial score (nSPS) is 14.6. The molecule has 0 saturated carbocycles. The largest absolute Gasteiger partial charge is 0.494 e. The molecule has 0 aromatic rings. The number of nitrogens with two attached hydrogens (primary N) is 1. The quantitative estimate of drug-likeness (QED) is 0.567. The number of hydrogen-bond acceptors (Lipinski definition) is 2. The molecule has 0 saturated heterocycles. The van der Waals surface area contributed by atoms with Gasteiger partial charge in [-0.2, -0.15) is 8.78 Å². The average molecular weight is 235 g/mol. The van der Waals surface area contributed by atoms with Gasteiger partial charge >= 0.3 is 0 Å². The van der Waals surface area contributed by atoms with E-state index in [0.29, 0.717) is 6.08 Å². The van der Waals surface area contributed by atoms with Crippen LogP contribution in [0.1, 0.15) is 13.8 Å². The molecule has 0 aliphatic rings. The van der Waals surface area contributed by atoms with Gasteiger partial charge in [0, 0.05) is 17.8 Å². The van der Waals surface area contributed by atoms with E-state index in [1.54, 1.807) is 19.9 Å². The van der Waals surface area contributed by atoms with Crippen molar-refractivity contribution in [1.82, 2.24) is 0 Å². The van der Waals surface area contributed by atoms with E-state index in [-0.39, 0.29) is 18.1 Å². The van der Waals surface area contributed by atoms with Crippen molar-refractivity contribution in [2.75, 3.05) is 13.3 Å². The average Bonchev–Trinajstić information content (AvgIpc) is 2.17. The maximum Gasteiger partial charge on any atom is 0.298 e. The Labute approximate surface area is 93.3 Å². The summed E-state index contributed by atoms with van der Waals surface area (Å²) in [6, 6.07) is 0. The highest BCUT2D eigenvalue weighted by atomic mass is 19.3. The minimum Gasteiger partial charge on any atom is -0.494 e. The second kappa shape index (κ2) is 6.98. The van der Waals surface area contributed by atoms with E-state index in [1.165, 1.54) is 12.2 Å². The van der Waals surface area contributed by atoms with Crippen LogP contribution in [0.2, 0.25) is 0 Å². The number of ether oxygens (including phenoxy) is 1. The summed E-state index contributed by atoms with van der Waals surface area (Å²) in [6.07, 6.45) is 4.84. The summed E-state index contributed by atoms with van der Waals surface area (Å²) >= 11 is 0. The molecule has 0 bridgehead atoms. The molecule has 16 heavy (non-hydrogen) atoms. The SMILES string of the molecule is C\C=C/C(N)=C\C(=C\C(F)(F)CF)OCC. The zero-order chi connectivity index (χ0) is 12.6. The summed E-state index contributed by atoms with van der Waals surface area (Å²) in [5, 5.41) is 0. The van der Waals surface area contributed by atoms with Crippen molar-refractivity contribution in [2.24, 2.45) is 5.73 Å². The van der Waals surface area contributed by atoms with E-state index in [1.807, 2.05) is 0 Å². The third-order valence-electron chi connectivity index (χ3n) is 1.51. The molecule has 0 atom stereocenters. The molecule has 0 aromatic carbocycles. The zero-order valence-electron chi connectivity index (χ0n) is 9.34. The van der Waals surface area contributed by atoms with Crippen LogP contribution in [0.3, 0.4) is 0 Å². The first-order valence-corrected chi connectivity index (χ1v) is 4.84. The third-order valence-corrected chi connectivity index (χ3v) is 1.51. The number of rotatable bonds is 6. The van der Waals surface area contributed by atoms with Gasteiger partial charge in [-0.3, -0.25) is 0 Å². The van der Waals surface area contributed by atoms with Gasteiger partial charge in [-0.15, -0.1) is 0 Å². The number of hydrogen-bond donors (Lipinski definition) is 1. The molecule has 92 valence electrons. The van der Waals surface area contributed by atoms with Gasteiger partial charge in [0.25, 0.3) is 5.92 Å². The molecule has 2 nitrogen and oxygen atoms in total. The topological polar surface area (TPSA) is 35.2 Å². The third kappa shape index (κ3) is 6.16. The maximum absolute atomic E-state index is 12.7. The molecule has 2 N–H and O–H groups in total. The lowest BCUT2D eigenvalue weighted by molar-refractivity contribution is 0.0234. The lowest BCUT2D eigenvalue weighted by atomic mass is 10.2. The van der Waals surface area contributed by atoms with Gasteiger partial charge in [-0.05, 0) is 19.9 Å². The summed E-state index contributed by atoms with van der Waals surface area (Å²) in [5.41, 5.74) is 5.75. The summed E-state index contributed by atoms with van der Waals surface area (Å²) in [5.74, 6) is -3.67. The summed E-state index contributed by atoms with van der Waals surface area (Å²) in [6.45, 7) is 1.82. The fourth-order valence-electron chi connectivity index (χ4n) is 0.943. The Morgan fingerprint density at radius 2 is 2.06 bits per heavy atom. The Balaban J connectivity index is 4.94.